The van der Waals surface area contributed by atoms with Gasteiger partial charge in [-0.1, -0.05) is 13.0 Å². The standard InChI is InChI=1S/C17H24N2O/c1-16-6-5-15-17(9-16,10-19(2)11-18-15)8-12-3-4-13(20)7-14(12)16/h3-4,7,15,18,20H,5-6,8-11H2,1-2H3/t15-,16-,17-/m1/s1. The normalized spacial score (nSPS) is 40.0. The van der Waals surface area contributed by atoms with Crippen LogP contribution in [0.1, 0.15) is 37.3 Å². The van der Waals surface area contributed by atoms with E-state index in [0.717, 1.165) is 13.1 Å². The molecule has 2 N–H and O–H groups in total. The number of phenolic OH excluding ortho intramolecular Hbond substituents is 1. The van der Waals surface area contributed by atoms with Crippen LogP contribution in [0.3, 0.4) is 0 Å². The Bertz CT molecular complexity index is 558. The molecule has 2 bridgehead atoms. The van der Waals surface area contributed by atoms with E-state index in [1.54, 1.807) is 0 Å². The van der Waals surface area contributed by atoms with E-state index >= 15 is 0 Å². The Hall–Kier alpha value is -1.06. The maximum absolute atomic E-state index is 9.85. The number of rotatable bonds is 0. The van der Waals surface area contributed by atoms with Gasteiger partial charge < -0.3 is 10.4 Å². The van der Waals surface area contributed by atoms with Crippen molar-refractivity contribution in [1.29, 1.82) is 0 Å². The molecule has 1 aromatic rings. The zero-order chi connectivity index (χ0) is 14.0. The maximum atomic E-state index is 9.85. The average molecular weight is 272 g/mol. The van der Waals surface area contributed by atoms with Gasteiger partial charge in [0.05, 0.1) is 0 Å². The molecule has 108 valence electrons. The van der Waals surface area contributed by atoms with E-state index in [1.165, 1.54) is 36.9 Å². The summed E-state index contributed by atoms with van der Waals surface area (Å²) in [6.45, 7) is 4.61. The second-order valence-electron chi connectivity index (χ2n) is 7.59. The third-order valence-electron chi connectivity index (χ3n) is 5.94. The van der Waals surface area contributed by atoms with Crippen molar-refractivity contribution in [3.8, 4) is 5.75 Å². The highest BCUT2D eigenvalue weighted by Gasteiger charge is 2.54. The van der Waals surface area contributed by atoms with Crippen LogP contribution in [0.5, 0.6) is 5.75 Å². The number of hydrogen-bond acceptors (Lipinski definition) is 3. The molecule has 2 aliphatic carbocycles. The number of nitrogens with zero attached hydrogens (tertiary/aromatic N) is 1. The summed E-state index contributed by atoms with van der Waals surface area (Å²) in [4.78, 5) is 2.42. The molecule has 1 spiro atoms. The molecule has 1 saturated heterocycles. The molecule has 0 aromatic heterocycles. The van der Waals surface area contributed by atoms with Crippen LogP contribution in [-0.2, 0) is 11.8 Å². The lowest BCUT2D eigenvalue weighted by Gasteiger charge is -2.59. The van der Waals surface area contributed by atoms with Crippen molar-refractivity contribution >= 4 is 0 Å². The molecule has 0 radical (unpaired) electrons. The summed E-state index contributed by atoms with van der Waals surface area (Å²) in [5, 5.41) is 13.6. The van der Waals surface area contributed by atoms with Crippen molar-refractivity contribution in [2.45, 2.75) is 44.1 Å². The lowest BCUT2D eigenvalue weighted by Crippen LogP contribution is -2.65. The summed E-state index contributed by atoms with van der Waals surface area (Å²) in [7, 11) is 2.22. The lowest BCUT2D eigenvalue weighted by atomic mass is 9.51. The fourth-order valence-corrected chi connectivity index (χ4v) is 5.23. The highest BCUT2D eigenvalue weighted by molar-refractivity contribution is 5.44. The summed E-state index contributed by atoms with van der Waals surface area (Å²) >= 11 is 0. The van der Waals surface area contributed by atoms with Crippen LogP contribution in [0, 0.1) is 5.41 Å². The Balaban J connectivity index is 1.83. The first-order chi connectivity index (χ1) is 9.51. The third kappa shape index (κ3) is 1.66. The van der Waals surface area contributed by atoms with Gasteiger partial charge in [0.15, 0.2) is 0 Å². The zero-order valence-corrected chi connectivity index (χ0v) is 12.4. The quantitative estimate of drug-likeness (QED) is 0.760. The minimum absolute atomic E-state index is 0.239. The first-order valence-electron chi connectivity index (χ1n) is 7.75. The van der Waals surface area contributed by atoms with Gasteiger partial charge in [0.1, 0.15) is 5.75 Å². The van der Waals surface area contributed by atoms with Gasteiger partial charge >= 0.3 is 0 Å². The van der Waals surface area contributed by atoms with Crippen LogP contribution >= 0.6 is 0 Å². The van der Waals surface area contributed by atoms with Crippen LogP contribution in [0.15, 0.2) is 18.2 Å². The van der Waals surface area contributed by atoms with E-state index in [0.29, 0.717) is 17.2 Å². The second-order valence-corrected chi connectivity index (χ2v) is 7.59. The summed E-state index contributed by atoms with van der Waals surface area (Å²) in [5.41, 5.74) is 3.47. The van der Waals surface area contributed by atoms with Gasteiger partial charge in [-0.05, 0) is 61.4 Å². The van der Waals surface area contributed by atoms with Gasteiger partial charge in [-0.3, -0.25) is 4.90 Å². The summed E-state index contributed by atoms with van der Waals surface area (Å²) < 4.78 is 0. The average Bonchev–Trinajstić information content (AvgIpc) is 2.39. The van der Waals surface area contributed by atoms with Gasteiger partial charge in [-0.2, -0.15) is 0 Å². The Kier molecular flexibility index (Phi) is 2.52. The molecule has 3 aliphatic rings. The molecule has 1 aromatic carbocycles. The van der Waals surface area contributed by atoms with Gasteiger partial charge in [0.25, 0.3) is 0 Å². The smallest absolute Gasteiger partial charge is 0.115 e. The Morgan fingerprint density at radius 1 is 1.40 bits per heavy atom. The van der Waals surface area contributed by atoms with Crippen LogP contribution in [-0.4, -0.2) is 36.3 Å². The predicted octanol–water partition coefficient (Wildman–Crippen LogP) is 2.24. The first-order valence-corrected chi connectivity index (χ1v) is 7.75. The van der Waals surface area contributed by atoms with Gasteiger partial charge in [0, 0.05) is 24.7 Å². The fourth-order valence-electron chi connectivity index (χ4n) is 5.23. The zero-order valence-electron chi connectivity index (χ0n) is 12.4. The lowest BCUT2D eigenvalue weighted by molar-refractivity contribution is -0.0134. The molecular weight excluding hydrogens is 248 g/mol. The van der Waals surface area contributed by atoms with Crippen molar-refractivity contribution in [2.75, 3.05) is 20.3 Å². The van der Waals surface area contributed by atoms with Crippen molar-refractivity contribution in [3.63, 3.8) is 0 Å². The maximum Gasteiger partial charge on any atom is 0.115 e. The topological polar surface area (TPSA) is 35.5 Å². The number of benzene rings is 1. The minimum Gasteiger partial charge on any atom is -0.508 e. The molecule has 20 heavy (non-hydrogen) atoms. The Morgan fingerprint density at radius 3 is 3.10 bits per heavy atom. The minimum atomic E-state index is 0.239. The number of fused-ring (bicyclic) bond motifs is 3. The summed E-state index contributed by atoms with van der Waals surface area (Å²) in [5.74, 6) is 0.418. The molecule has 3 nitrogen and oxygen atoms in total. The van der Waals surface area contributed by atoms with Gasteiger partial charge in [-0.25, -0.2) is 0 Å². The molecule has 3 heteroatoms. The fraction of sp³-hybridized carbons (Fsp3) is 0.647. The van der Waals surface area contributed by atoms with E-state index in [4.69, 9.17) is 0 Å². The third-order valence-corrected chi connectivity index (χ3v) is 5.94. The number of nitrogens with one attached hydrogen (secondary N) is 1. The number of hydrogen-bond donors (Lipinski definition) is 2. The molecule has 1 heterocycles. The van der Waals surface area contributed by atoms with E-state index in [9.17, 15) is 5.11 Å². The Labute approximate surface area is 121 Å². The van der Waals surface area contributed by atoms with E-state index in [2.05, 4.69) is 30.3 Å². The van der Waals surface area contributed by atoms with Gasteiger partial charge in [0.2, 0.25) is 0 Å². The van der Waals surface area contributed by atoms with Crippen LogP contribution in [0.25, 0.3) is 0 Å². The number of aromatic hydroxyl groups is 1. The van der Waals surface area contributed by atoms with Crippen molar-refractivity contribution < 1.29 is 5.11 Å². The molecule has 1 saturated carbocycles. The molecule has 0 amide bonds. The van der Waals surface area contributed by atoms with Gasteiger partial charge in [-0.15, -0.1) is 0 Å². The highest BCUT2D eigenvalue weighted by atomic mass is 16.3. The highest BCUT2D eigenvalue weighted by Crippen LogP contribution is 2.55. The molecular formula is C17H24N2O. The van der Waals surface area contributed by atoms with Crippen LogP contribution in [0.4, 0.5) is 0 Å². The van der Waals surface area contributed by atoms with Crippen LogP contribution in [0.2, 0.25) is 0 Å². The second kappa shape index (κ2) is 3.99. The summed E-state index contributed by atoms with van der Waals surface area (Å²) in [6, 6.07) is 6.69. The monoisotopic (exact) mass is 272 g/mol. The van der Waals surface area contributed by atoms with E-state index < -0.39 is 0 Å². The van der Waals surface area contributed by atoms with E-state index in [1.807, 2.05) is 12.1 Å². The SMILES string of the molecule is CN1CN[C@@H]2CC[C@]3(C)C[C@]2(Cc2ccc(O)cc23)C1. The van der Waals surface area contributed by atoms with Crippen molar-refractivity contribution in [3.05, 3.63) is 29.3 Å². The molecule has 1 aliphatic heterocycles. The molecule has 2 fully saturated rings. The summed E-state index contributed by atoms with van der Waals surface area (Å²) in [6.07, 6.45) is 4.89. The Morgan fingerprint density at radius 2 is 2.25 bits per heavy atom. The predicted molar refractivity (Wildman–Crippen MR) is 79.9 cm³/mol. The first kappa shape index (κ1) is 12.7. The van der Waals surface area contributed by atoms with E-state index in [-0.39, 0.29) is 5.41 Å². The van der Waals surface area contributed by atoms with Crippen LogP contribution < -0.4 is 5.32 Å². The largest absolute Gasteiger partial charge is 0.508 e. The molecule has 0 unspecified atom stereocenters. The molecule has 3 atom stereocenters. The van der Waals surface area contributed by atoms with Crippen molar-refractivity contribution in [1.82, 2.24) is 10.2 Å². The molecule has 4 rings (SSSR count). The number of phenols is 1. The van der Waals surface area contributed by atoms with Crippen molar-refractivity contribution in [2.24, 2.45) is 5.41 Å².